The lowest BCUT2D eigenvalue weighted by Crippen LogP contribution is -2.38. The Morgan fingerprint density at radius 2 is 1.86 bits per heavy atom. The van der Waals surface area contributed by atoms with Gasteiger partial charge in [0, 0.05) is 32.2 Å². The molecule has 108 valence electrons. The van der Waals surface area contributed by atoms with Gasteiger partial charge < -0.3 is 15.5 Å². The monoisotopic (exact) mass is 297 g/mol. The van der Waals surface area contributed by atoms with Gasteiger partial charge in [-0.2, -0.15) is 0 Å². The number of nitrogens with two attached hydrogens (primary N) is 1. The molecule has 0 bridgehead atoms. The lowest BCUT2D eigenvalue weighted by molar-refractivity contribution is 0.735. The SMILES string of the molecule is CN1CCN(Cc2cccc(C(N)=S)c2)c2ccccc21. The highest BCUT2D eigenvalue weighted by Crippen LogP contribution is 2.32. The fraction of sp³-hybridized carbons (Fsp3) is 0.235. The Morgan fingerprint density at radius 1 is 1.10 bits per heavy atom. The van der Waals surface area contributed by atoms with E-state index in [1.165, 1.54) is 16.9 Å². The van der Waals surface area contributed by atoms with Crippen molar-refractivity contribution in [2.24, 2.45) is 5.73 Å². The zero-order valence-corrected chi connectivity index (χ0v) is 12.9. The first-order valence-electron chi connectivity index (χ1n) is 7.09. The molecule has 2 aromatic carbocycles. The number of thiocarbonyl (C=S) groups is 1. The van der Waals surface area contributed by atoms with Crippen molar-refractivity contribution in [2.45, 2.75) is 6.54 Å². The van der Waals surface area contributed by atoms with Crippen LogP contribution in [0.3, 0.4) is 0 Å². The minimum Gasteiger partial charge on any atom is -0.389 e. The Bertz CT molecular complexity index is 669. The van der Waals surface area contributed by atoms with Crippen LogP contribution in [0.2, 0.25) is 0 Å². The normalized spacial score (nSPS) is 14.0. The quantitative estimate of drug-likeness (QED) is 0.883. The first-order chi connectivity index (χ1) is 10.1. The third kappa shape index (κ3) is 2.85. The highest BCUT2D eigenvalue weighted by molar-refractivity contribution is 7.80. The van der Waals surface area contributed by atoms with Crippen LogP contribution in [-0.2, 0) is 6.54 Å². The molecular formula is C17H19N3S. The molecule has 0 unspecified atom stereocenters. The van der Waals surface area contributed by atoms with Crippen LogP contribution in [0.1, 0.15) is 11.1 Å². The summed E-state index contributed by atoms with van der Waals surface area (Å²) in [5.41, 5.74) is 10.5. The fourth-order valence-electron chi connectivity index (χ4n) is 2.77. The van der Waals surface area contributed by atoms with E-state index in [0.29, 0.717) is 4.99 Å². The summed E-state index contributed by atoms with van der Waals surface area (Å²) in [5.74, 6) is 0. The molecule has 4 heteroatoms. The summed E-state index contributed by atoms with van der Waals surface area (Å²) in [6, 6.07) is 16.7. The van der Waals surface area contributed by atoms with E-state index in [1.807, 2.05) is 12.1 Å². The number of hydrogen-bond acceptors (Lipinski definition) is 3. The summed E-state index contributed by atoms with van der Waals surface area (Å²) in [7, 11) is 2.14. The number of nitrogens with zero attached hydrogens (tertiary/aromatic N) is 2. The molecule has 0 aromatic heterocycles. The minimum atomic E-state index is 0.454. The van der Waals surface area contributed by atoms with Crippen molar-refractivity contribution in [3.8, 4) is 0 Å². The molecule has 1 heterocycles. The van der Waals surface area contributed by atoms with Crippen molar-refractivity contribution >= 4 is 28.6 Å². The van der Waals surface area contributed by atoms with Gasteiger partial charge in [0.2, 0.25) is 0 Å². The van der Waals surface area contributed by atoms with Gasteiger partial charge >= 0.3 is 0 Å². The van der Waals surface area contributed by atoms with Gasteiger partial charge in [0.05, 0.1) is 11.4 Å². The molecule has 1 aliphatic rings. The number of hydrogen-bond donors (Lipinski definition) is 1. The molecule has 0 saturated heterocycles. The number of benzene rings is 2. The van der Waals surface area contributed by atoms with Crippen LogP contribution in [0.4, 0.5) is 11.4 Å². The molecule has 0 spiro atoms. The first kappa shape index (κ1) is 13.9. The van der Waals surface area contributed by atoms with E-state index in [1.54, 1.807) is 0 Å². The average Bonchev–Trinajstić information content (AvgIpc) is 2.51. The van der Waals surface area contributed by atoms with Crippen molar-refractivity contribution in [1.29, 1.82) is 0 Å². The number of likely N-dealkylation sites (N-methyl/N-ethyl adjacent to an activating group) is 1. The summed E-state index contributed by atoms with van der Waals surface area (Å²) in [6.07, 6.45) is 0. The summed E-state index contributed by atoms with van der Waals surface area (Å²) in [6.45, 7) is 2.93. The van der Waals surface area contributed by atoms with Crippen molar-refractivity contribution < 1.29 is 0 Å². The van der Waals surface area contributed by atoms with Crippen molar-refractivity contribution in [2.75, 3.05) is 29.9 Å². The molecule has 3 rings (SSSR count). The second-order valence-electron chi connectivity index (χ2n) is 5.40. The smallest absolute Gasteiger partial charge is 0.103 e. The van der Waals surface area contributed by atoms with E-state index < -0.39 is 0 Å². The standard InChI is InChI=1S/C17H19N3S/c1-19-9-10-20(16-8-3-2-7-15(16)19)12-13-5-4-6-14(11-13)17(18)21/h2-8,11H,9-10,12H2,1H3,(H2,18,21). The number of para-hydroxylation sites is 2. The van der Waals surface area contributed by atoms with Crippen LogP contribution in [0.15, 0.2) is 48.5 Å². The fourth-order valence-corrected chi connectivity index (χ4v) is 2.90. The molecule has 0 aliphatic carbocycles. The summed E-state index contributed by atoms with van der Waals surface area (Å²) >= 11 is 5.06. The summed E-state index contributed by atoms with van der Waals surface area (Å²) < 4.78 is 0. The van der Waals surface area contributed by atoms with Crippen LogP contribution in [0, 0.1) is 0 Å². The Morgan fingerprint density at radius 3 is 2.62 bits per heavy atom. The van der Waals surface area contributed by atoms with Crippen molar-refractivity contribution in [1.82, 2.24) is 0 Å². The maximum atomic E-state index is 5.72. The molecule has 0 fully saturated rings. The molecular weight excluding hydrogens is 278 g/mol. The van der Waals surface area contributed by atoms with E-state index in [2.05, 4.69) is 53.2 Å². The van der Waals surface area contributed by atoms with Gasteiger partial charge in [-0.1, -0.05) is 42.5 Å². The van der Waals surface area contributed by atoms with Crippen LogP contribution in [0.25, 0.3) is 0 Å². The maximum absolute atomic E-state index is 5.72. The van der Waals surface area contributed by atoms with E-state index >= 15 is 0 Å². The molecule has 0 atom stereocenters. The Kier molecular flexibility index (Phi) is 3.80. The number of fused-ring (bicyclic) bond motifs is 1. The molecule has 3 nitrogen and oxygen atoms in total. The summed E-state index contributed by atoms with van der Waals surface area (Å²) in [5, 5.41) is 0. The lowest BCUT2D eigenvalue weighted by atomic mass is 10.1. The predicted molar refractivity (Wildman–Crippen MR) is 93.1 cm³/mol. The van der Waals surface area contributed by atoms with Crippen molar-refractivity contribution in [3.63, 3.8) is 0 Å². The first-order valence-corrected chi connectivity index (χ1v) is 7.50. The number of rotatable bonds is 3. The highest BCUT2D eigenvalue weighted by atomic mass is 32.1. The van der Waals surface area contributed by atoms with Crippen LogP contribution in [-0.4, -0.2) is 25.1 Å². The minimum absolute atomic E-state index is 0.454. The zero-order chi connectivity index (χ0) is 14.8. The molecule has 0 radical (unpaired) electrons. The van der Waals surface area contributed by atoms with E-state index in [-0.39, 0.29) is 0 Å². The Balaban J connectivity index is 1.87. The molecule has 21 heavy (non-hydrogen) atoms. The van der Waals surface area contributed by atoms with Gasteiger partial charge in [0.15, 0.2) is 0 Å². The van der Waals surface area contributed by atoms with E-state index in [4.69, 9.17) is 18.0 Å². The van der Waals surface area contributed by atoms with Gasteiger partial charge in [0.1, 0.15) is 4.99 Å². The van der Waals surface area contributed by atoms with Gasteiger partial charge in [-0.3, -0.25) is 0 Å². The molecule has 2 N–H and O–H groups in total. The second-order valence-corrected chi connectivity index (χ2v) is 5.84. The third-order valence-corrected chi connectivity index (χ3v) is 4.16. The Labute approximate surface area is 131 Å². The maximum Gasteiger partial charge on any atom is 0.103 e. The molecule has 0 saturated carbocycles. The second kappa shape index (κ2) is 5.74. The van der Waals surface area contributed by atoms with Gasteiger partial charge in [0.25, 0.3) is 0 Å². The topological polar surface area (TPSA) is 32.5 Å². The van der Waals surface area contributed by atoms with Gasteiger partial charge in [-0.05, 0) is 23.8 Å². The predicted octanol–water partition coefficient (Wildman–Crippen LogP) is 2.78. The molecule has 1 aliphatic heterocycles. The Hall–Kier alpha value is -2.07. The van der Waals surface area contributed by atoms with E-state index in [9.17, 15) is 0 Å². The zero-order valence-electron chi connectivity index (χ0n) is 12.1. The van der Waals surface area contributed by atoms with Gasteiger partial charge in [-0.25, -0.2) is 0 Å². The van der Waals surface area contributed by atoms with E-state index in [0.717, 1.165) is 25.2 Å². The van der Waals surface area contributed by atoms with Crippen LogP contribution < -0.4 is 15.5 Å². The highest BCUT2D eigenvalue weighted by Gasteiger charge is 2.19. The van der Waals surface area contributed by atoms with Crippen molar-refractivity contribution in [3.05, 3.63) is 59.7 Å². The lowest BCUT2D eigenvalue weighted by Gasteiger charge is -2.37. The summed E-state index contributed by atoms with van der Waals surface area (Å²) in [4.78, 5) is 5.17. The third-order valence-electron chi connectivity index (χ3n) is 3.92. The van der Waals surface area contributed by atoms with Crippen LogP contribution >= 0.6 is 12.2 Å². The average molecular weight is 297 g/mol. The molecule has 0 amide bonds. The number of anilines is 2. The molecule has 2 aromatic rings. The van der Waals surface area contributed by atoms with Crippen LogP contribution in [0.5, 0.6) is 0 Å². The van der Waals surface area contributed by atoms with Gasteiger partial charge in [-0.15, -0.1) is 0 Å². The largest absolute Gasteiger partial charge is 0.389 e.